The van der Waals surface area contributed by atoms with Crippen molar-refractivity contribution in [1.29, 1.82) is 0 Å². The Bertz CT molecular complexity index is 1880. The molecule has 0 aromatic heterocycles. The molecule has 3 heterocycles. The first kappa shape index (κ1) is 52.8. The van der Waals surface area contributed by atoms with E-state index in [1.165, 1.54) is 12.5 Å². The molecule has 20 nitrogen and oxygen atoms in total. The van der Waals surface area contributed by atoms with Crippen molar-refractivity contribution in [2.75, 3.05) is 19.8 Å². The monoisotopic (exact) mass is 975 g/mol. The molecule has 4 saturated carbocycles. The van der Waals surface area contributed by atoms with Crippen LogP contribution in [0.3, 0.4) is 0 Å². The van der Waals surface area contributed by atoms with Gasteiger partial charge in [-0.1, -0.05) is 53.2 Å². The number of aliphatic hydroxyl groups excluding tert-OH is 12. The molecule has 0 aromatic carbocycles. The van der Waals surface area contributed by atoms with Crippen molar-refractivity contribution in [1.82, 2.24) is 0 Å². The third-order valence-corrected chi connectivity index (χ3v) is 20.0. The summed E-state index contributed by atoms with van der Waals surface area (Å²) in [4.78, 5) is 12.5. The van der Waals surface area contributed by atoms with Gasteiger partial charge >= 0.3 is 5.97 Å². The first-order chi connectivity index (χ1) is 31.7. The minimum atomic E-state index is -2.09. The molecule has 7 fully saturated rings. The van der Waals surface area contributed by atoms with Crippen LogP contribution in [0, 0.1) is 50.2 Å². The van der Waals surface area contributed by atoms with E-state index in [4.69, 9.17) is 28.4 Å². The summed E-state index contributed by atoms with van der Waals surface area (Å²) in [6.45, 7) is 12.8. The Morgan fingerprint density at radius 1 is 0.647 bits per heavy atom. The predicted octanol–water partition coefficient (Wildman–Crippen LogP) is -1.35. The van der Waals surface area contributed by atoms with E-state index in [2.05, 4.69) is 33.8 Å². The zero-order chi connectivity index (χ0) is 50.0. The summed E-state index contributed by atoms with van der Waals surface area (Å²) in [6, 6.07) is 0. The van der Waals surface area contributed by atoms with Gasteiger partial charge in [0, 0.05) is 16.2 Å². The number of ether oxygens (including phenoxy) is 6. The Kier molecular flexibility index (Phi) is 14.3. The smallest absolute Gasteiger partial charge is 0.335 e. The van der Waals surface area contributed by atoms with E-state index in [-0.39, 0.29) is 47.2 Å². The van der Waals surface area contributed by atoms with Crippen LogP contribution in [0.1, 0.15) is 99.8 Å². The first-order valence-electron chi connectivity index (χ1n) is 24.5. The van der Waals surface area contributed by atoms with Crippen molar-refractivity contribution >= 4 is 5.97 Å². The van der Waals surface area contributed by atoms with Gasteiger partial charge in [-0.05, 0) is 92.3 Å². The van der Waals surface area contributed by atoms with Gasteiger partial charge in [0.25, 0.3) is 0 Å². The fourth-order valence-electron chi connectivity index (χ4n) is 15.2. The Balaban J connectivity index is 1.08. The van der Waals surface area contributed by atoms with Gasteiger partial charge in [0.05, 0.1) is 44.2 Å². The number of fused-ring (bicyclic) bond motifs is 7. The lowest BCUT2D eigenvalue weighted by Crippen LogP contribution is -2.69. The molecule has 68 heavy (non-hydrogen) atoms. The van der Waals surface area contributed by atoms with Gasteiger partial charge in [-0.25, -0.2) is 4.79 Å². The lowest BCUT2D eigenvalue weighted by Gasteiger charge is -2.72. The van der Waals surface area contributed by atoms with E-state index in [0.717, 1.165) is 19.3 Å². The summed E-state index contributed by atoms with van der Waals surface area (Å²) in [5, 5.41) is 142. The summed E-state index contributed by atoms with van der Waals surface area (Å²) < 4.78 is 36.1. The van der Waals surface area contributed by atoms with Gasteiger partial charge in [0.2, 0.25) is 0 Å². The lowest BCUT2D eigenvalue weighted by atomic mass is 9.33. The molecule has 8 rings (SSSR count). The standard InChI is InChI=1S/C48H78O20/c1-20-27(52)29(54)33(58)40(63-20)67-35-30(55)28(53)23(17-49)64-41(35)68-36-32(57)31(56)34(39(61)62)66-42(36)65-26-11-12-45(4)24(46(26,5)19-51)10-13-48(7)25(45)9-8-21-22-16-43(2,18-50)37(59)38(60)44(22,3)14-15-47(21,48)6/h8,20,22-38,40-42,49-60H,9-19H2,1-7H3,(H,61,62). The fraction of sp³-hybridized carbons (Fsp3) is 0.938. The molecule has 3 saturated heterocycles. The zero-order valence-corrected chi connectivity index (χ0v) is 40.2. The van der Waals surface area contributed by atoms with Gasteiger partial charge in [-0.3, -0.25) is 0 Å². The number of rotatable bonds is 10. The highest BCUT2D eigenvalue weighted by Gasteiger charge is 2.71. The zero-order valence-electron chi connectivity index (χ0n) is 40.2. The van der Waals surface area contributed by atoms with E-state index in [0.29, 0.717) is 32.1 Å². The topological polar surface area (TPSA) is 335 Å². The van der Waals surface area contributed by atoms with Gasteiger partial charge in [-0.2, -0.15) is 0 Å². The minimum absolute atomic E-state index is 0.0531. The second-order valence-corrected chi connectivity index (χ2v) is 23.4. The van der Waals surface area contributed by atoms with E-state index in [1.807, 2.05) is 13.8 Å². The van der Waals surface area contributed by atoms with E-state index in [1.54, 1.807) is 0 Å². The third-order valence-electron chi connectivity index (χ3n) is 20.0. The Labute approximate surface area is 396 Å². The second-order valence-electron chi connectivity index (χ2n) is 23.4. The molecule has 0 spiro atoms. The molecule has 8 aliphatic rings. The summed E-state index contributed by atoms with van der Waals surface area (Å²) >= 11 is 0. The Morgan fingerprint density at radius 2 is 1.28 bits per heavy atom. The number of carbonyl (C=O) groups is 1. The average Bonchev–Trinajstić information content (AvgIpc) is 3.30. The normalized spacial score (nSPS) is 57.2. The van der Waals surface area contributed by atoms with Crippen LogP contribution >= 0.6 is 0 Å². The maximum atomic E-state index is 12.5. The molecule has 0 aromatic rings. The largest absolute Gasteiger partial charge is 0.479 e. The number of allylic oxidation sites excluding steroid dienone is 2. The second kappa shape index (κ2) is 18.5. The van der Waals surface area contributed by atoms with E-state index >= 15 is 0 Å². The number of carboxylic acid groups (broad SMARTS) is 1. The Hall–Kier alpha value is -1.51. The molecular formula is C48H78O20. The Morgan fingerprint density at radius 3 is 1.90 bits per heavy atom. The third kappa shape index (κ3) is 7.81. The van der Waals surface area contributed by atoms with E-state index in [9.17, 15) is 71.2 Å². The maximum absolute atomic E-state index is 12.5. The van der Waals surface area contributed by atoms with Crippen molar-refractivity contribution in [2.45, 2.75) is 210 Å². The number of aliphatic hydroxyl groups is 12. The molecule has 27 atom stereocenters. The van der Waals surface area contributed by atoms with Crippen LogP contribution in [-0.2, 0) is 33.2 Å². The molecule has 390 valence electrons. The van der Waals surface area contributed by atoms with Crippen LogP contribution < -0.4 is 0 Å². The van der Waals surface area contributed by atoms with Crippen LogP contribution in [0.15, 0.2) is 11.6 Å². The average molecular weight is 975 g/mol. The van der Waals surface area contributed by atoms with Gasteiger partial charge in [-0.15, -0.1) is 0 Å². The van der Waals surface area contributed by atoms with Gasteiger partial charge < -0.3 is 94.8 Å². The highest BCUT2D eigenvalue weighted by atomic mass is 16.8. The molecule has 0 bridgehead atoms. The van der Waals surface area contributed by atoms with Gasteiger partial charge in [0.1, 0.15) is 61.0 Å². The maximum Gasteiger partial charge on any atom is 0.335 e. The predicted molar refractivity (Wildman–Crippen MR) is 233 cm³/mol. The summed E-state index contributed by atoms with van der Waals surface area (Å²) in [5.41, 5.74) is -2.01. The van der Waals surface area contributed by atoms with Crippen molar-refractivity contribution < 1.29 is 99.6 Å². The first-order valence-corrected chi connectivity index (χ1v) is 24.5. The minimum Gasteiger partial charge on any atom is -0.479 e. The molecule has 0 radical (unpaired) electrons. The van der Waals surface area contributed by atoms with Crippen molar-refractivity contribution in [2.24, 2.45) is 50.2 Å². The molecule has 5 aliphatic carbocycles. The lowest BCUT2D eigenvalue weighted by molar-refractivity contribution is -0.396. The van der Waals surface area contributed by atoms with Crippen LogP contribution in [0.25, 0.3) is 0 Å². The SMILES string of the molecule is CC1OC(OC2C(OC3C(OC4CCC5(C)C(CCC6(C)C5CC=C5C7CC(C)(CO)C(O)C(O)C7(C)CCC56C)C4(C)CO)OC(C(=O)O)C(O)C3O)OC(CO)C(O)C2O)C(O)C(O)C1O. The quantitative estimate of drug-likeness (QED) is 0.0889. The van der Waals surface area contributed by atoms with Crippen LogP contribution in [0.2, 0.25) is 0 Å². The number of carboxylic acids is 1. The summed E-state index contributed by atoms with van der Waals surface area (Å²) in [7, 11) is 0. The van der Waals surface area contributed by atoms with Crippen molar-refractivity contribution in [3.8, 4) is 0 Å². The van der Waals surface area contributed by atoms with E-state index < -0.39 is 139 Å². The van der Waals surface area contributed by atoms with Crippen LogP contribution in [-0.4, -0.2) is 203 Å². The number of aliphatic carboxylic acids is 1. The van der Waals surface area contributed by atoms with Crippen molar-refractivity contribution in [3.63, 3.8) is 0 Å². The molecule has 27 unspecified atom stereocenters. The fourth-order valence-corrected chi connectivity index (χ4v) is 15.2. The molecule has 13 N–H and O–H groups in total. The number of hydrogen-bond acceptors (Lipinski definition) is 19. The van der Waals surface area contributed by atoms with Crippen LogP contribution in [0.5, 0.6) is 0 Å². The number of hydrogen-bond donors (Lipinski definition) is 13. The summed E-state index contributed by atoms with van der Waals surface area (Å²) in [5.74, 6) is -1.69. The highest BCUT2D eigenvalue weighted by Crippen LogP contribution is 2.76. The molecule has 0 amide bonds. The molecule has 20 heteroatoms. The highest BCUT2D eigenvalue weighted by molar-refractivity contribution is 5.73. The molecular weight excluding hydrogens is 897 g/mol. The summed E-state index contributed by atoms with van der Waals surface area (Å²) in [6.07, 6.45) is -22.0. The van der Waals surface area contributed by atoms with Crippen molar-refractivity contribution in [3.05, 3.63) is 11.6 Å². The van der Waals surface area contributed by atoms with Gasteiger partial charge in [0.15, 0.2) is 25.0 Å². The van der Waals surface area contributed by atoms with Crippen LogP contribution in [0.4, 0.5) is 0 Å². The molecule has 3 aliphatic heterocycles.